The summed E-state index contributed by atoms with van der Waals surface area (Å²) >= 11 is 0. The fraction of sp³-hybridized carbons (Fsp3) is 0.421. The molecule has 1 saturated heterocycles. The molecule has 4 rings (SSSR count). The molecule has 4 heterocycles. The van der Waals surface area contributed by atoms with Gasteiger partial charge in [-0.1, -0.05) is 13.3 Å². The maximum atomic E-state index is 12.1. The summed E-state index contributed by atoms with van der Waals surface area (Å²) in [5, 5.41) is 12.0. The lowest BCUT2D eigenvalue weighted by atomic mass is 10.00. The topological polar surface area (TPSA) is 128 Å². The van der Waals surface area contributed by atoms with E-state index in [4.69, 9.17) is 5.73 Å². The highest BCUT2D eigenvalue weighted by Gasteiger charge is 2.36. The van der Waals surface area contributed by atoms with Crippen LogP contribution >= 0.6 is 0 Å². The highest BCUT2D eigenvalue weighted by Crippen LogP contribution is 2.31. The summed E-state index contributed by atoms with van der Waals surface area (Å²) in [6, 6.07) is 3.66. The van der Waals surface area contributed by atoms with E-state index in [0.717, 1.165) is 17.7 Å². The first-order valence-electron chi connectivity index (χ1n) is 9.70. The van der Waals surface area contributed by atoms with Crippen LogP contribution in [0.2, 0.25) is 0 Å². The smallest absolute Gasteiger partial charge is 0.252 e. The van der Waals surface area contributed by atoms with Crippen molar-refractivity contribution in [1.29, 1.82) is 0 Å². The van der Waals surface area contributed by atoms with Crippen LogP contribution in [0.25, 0.3) is 16.8 Å². The number of carbonyl (C=O) groups excluding carboxylic acids is 1. The van der Waals surface area contributed by atoms with Crippen molar-refractivity contribution in [3.63, 3.8) is 0 Å². The van der Waals surface area contributed by atoms with Crippen molar-refractivity contribution in [2.24, 2.45) is 18.7 Å². The van der Waals surface area contributed by atoms with Crippen LogP contribution in [-0.4, -0.2) is 63.4 Å². The summed E-state index contributed by atoms with van der Waals surface area (Å²) in [7, 11) is -1.45. The van der Waals surface area contributed by atoms with Crippen molar-refractivity contribution in [2.75, 3.05) is 24.7 Å². The van der Waals surface area contributed by atoms with Crippen molar-refractivity contribution < 1.29 is 13.2 Å². The standard InChI is InChI=1S/C19H25N7O3S/c1-4-12-9-25(30(3,28)29)11-15(12)23-18-14(19(20)27)8-22-26-10-13(7-17(18)26)16-5-6-21-24(16)2/h5-8,10,12,15,23H,4,9,11H2,1-3H3,(H2,20,27)/t12-,15-/m1/s1. The SMILES string of the molecule is CC[C@@H]1CN(S(C)(=O)=O)C[C@H]1Nc1c(C(N)=O)cnn2cc(-c3ccnn3C)cc12. The molecule has 160 valence electrons. The third-order valence-electron chi connectivity index (χ3n) is 5.75. The summed E-state index contributed by atoms with van der Waals surface area (Å²) in [5.74, 6) is -0.484. The van der Waals surface area contributed by atoms with E-state index in [1.54, 1.807) is 15.4 Å². The van der Waals surface area contributed by atoms with Crippen molar-refractivity contribution in [3.05, 3.63) is 36.3 Å². The summed E-state index contributed by atoms with van der Waals surface area (Å²) in [6.07, 6.45) is 7.03. The molecule has 1 amide bonds. The van der Waals surface area contributed by atoms with Crippen LogP contribution in [0.1, 0.15) is 23.7 Å². The lowest BCUT2D eigenvalue weighted by Crippen LogP contribution is -2.32. The van der Waals surface area contributed by atoms with Gasteiger partial charge in [-0.15, -0.1) is 0 Å². The van der Waals surface area contributed by atoms with Gasteiger partial charge in [-0.2, -0.15) is 14.5 Å². The molecular formula is C19H25N7O3S. The molecule has 2 atom stereocenters. The Labute approximate surface area is 174 Å². The van der Waals surface area contributed by atoms with E-state index >= 15 is 0 Å². The summed E-state index contributed by atoms with van der Waals surface area (Å²) in [5.41, 5.74) is 8.94. The van der Waals surface area contributed by atoms with Crippen LogP contribution in [0.15, 0.2) is 30.7 Å². The first-order valence-corrected chi connectivity index (χ1v) is 11.5. The number of nitrogens with one attached hydrogen (secondary N) is 1. The van der Waals surface area contributed by atoms with Crippen molar-refractivity contribution >= 4 is 27.1 Å². The Morgan fingerprint density at radius 2 is 2.10 bits per heavy atom. The number of amides is 1. The molecule has 0 spiro atoms. The number of aryl methyl sites for hydroxylation is 1. The van der Waals surface area contributed by atoms with Crippen molar-refractivity contribution in [2.45, 2.75) is 19.4 Å². The quantitative estimate of drug-likeness (QED) is 0.597. The predicted octanol–water partition coefficient (Wildman–Crippen LogP) is 0.916. The molecule has 0 unspecified atom stereocenters. The van der Waals surface area contributed by atoms with Gasteiger partial charge in [0, 0.05) is 44.1 Å². The number of sulfonamides is 1. The van der Waals surface area contributed by atoms with Gasteiger partial charge in [0.05, 0.1) is 34.9 Å². The Morgan fingerprint density at radius 1 is 1.33 bits per heavy atom. The molecule has 1 aliphatic rings. The number of nitrogens with two attached hydrogens (primary N) is 1. The minimum absolute atomic E-state index is 0.111. The number of primary amides is 1. The van der Waals surface area contributed by atoms with Gasteiger partial charge in [0.25, 0.3) is 5.91 Å². The number of aromatic nitrogens is 4. The molecule has 30 heavy (non-hydrogen) atoms. The third-order valence-corrected chi connectivity index (χ3v) is 6.99. The zero-order valence-electron chi connectivity index (χ0n) is 17.1. The first-order chi connectivity index (χ1) is 14.2. The minimum atomic E-state index is -3.30. The van der Waals surface area contributed by atoms with Gasteiger partial charge in [0.15, 0.2) is 0 Å². The number of nitrogens with zero attached hydrogens (tertiary/aromatic N) is 5. The first kappa shape index (κ1) is 20.4. The molecule has 3 N–H and O–H groups in total. The molecule has 0 aromatic carbocycles. The number of rotatable bonds is 6. The molecular weight excluding hydrogens is 406 g/mol. The molecule has 0 aliphatic carbocycles. The highest BCUT2D eigenvalue weighted by molar-refractivity contribution is 7.88. The maximum absolute atomic E-state index is 12.1. The number of hydrogen-bond acceptors (Lipinski definition) is 6. The van der Waals surface area contributed by atoms with Crippen LogP contribution in [-0.2, 0) is 17.1 Å². The van der Waals surface area contributed by atoms with E-state index < -0.39 is 15.9 Å². The Balaban J connectivity index is 1.78. The molecule has 1 aliphatic heterocycles. The van der Waals surface area contributed by atoms with Gasteiger partial charge in [-0.3, -0.25) is 9.48 Å². The average molecular weight is 432 g/mol. The summed E-state index contributed by atoms with van der Waals surface area (Å²) in [4.78, 5) is 12.1. The second-order valence-electron chi connectivity index (χ2n) is 7.70. The van der Waals surface area contributed by atoms with E-state index in [-0.39, 0.29) is 17.5 Å². The van der Waals surface area contributed by atoms with Crippen LogP contribution in [0.3, 0.4) is 0 Å². The number of fused-ring (bicyclic) bond motifs is 1. The lowest BCUT2D eigenvalue weighted by Gasteiger charge is -2.21. The fourth-order valence-electron chi connectivity index (χ4n) is 4.06. The third kappa shape index (κ3) is 3.54. The van der Waals surface area contributed by atoms with E-state index in [9.17, 15) is 13.2 Å². The predicted molar refractivity (Wildman–Crippen MR) is 114 cm³/mol. The van der Waals surface area contributed by atoms with Crippen LogP contribution < -0.4 is 11.1 Å². The fourth-order valence-corrected chi connectivity index (χ4v) is 4.95. The van der Waals surface area contributed by atoms with Gasteiger partial charge >= 0.3 is 0 Å². The maximum Gasteiger partial charge on any atom is 0.252 e. The molecule has 3 aromatic heterocycles. The number of anilines is 1. The minimum Gasteiger partial charge on any atom is -0.378 e. The van der Waals surface area contributed by atoms with Gasteiger partial charge in [-0.05, 0) is 18.1 Å². The largest absolute Gasteiger partial charge is 0.378 e. The van der Waals surface area contributed by atoms with Gasteiger partial charge in [0.2, 0.25) is 10.0 Å². The van der Waals surface area contributed by atoms with E-state index in [1.165, 1.54) is 16.8 Å². The molecule has 0 radical (unpaired) electrons. The molecule has 0 bridgehead atoms. The van der Waals surface area contributed by atoms with E-state index in [2.05, 4.69) is 15.5 Å². The Morgan fingerprint density at radius 3 is 2.70 bits per heavy atom. The van der Waals surface area contributed by atoms with E-state index in [1.807, 2.05) is 32.3 Å². The Hall–Kier alpha value is -2.92. The van der Waals surface area contributed by atoms with E-state index in [0.29, 0.717) is 24.3 Å². The Bertz CT molecular complexity index is 1210. The summed E-state index contributed by atoms with van der Waals surface area (Å²) < 4.78 is 29.0. The zero-order chi connectivity index (χ0) is 21.6. The van der Waals surface area contributed by atoms with Gasteiger partial charge < -0.3 is 11.1 Å². The van der Waals surface area contributed by atoms with Crippen molar-refractivity contribution in [3.8, 4) is 11.3 Å². The van der Waals surface area contributed by atoms with Gasteiger partial charge in [0.1, 0.15) is 0 Å². The molecule has 11 heteroatoms. The normalized spacial score (nSPS) is 20.1. The summed E-state index contributed by atoms with van der Waals surface area (Å²) in [6.45, 7) is 2.81. The molecule has 0 saturated carbocycles. The van der Waals surface area contributed by atoms with Gasteiger partial charge in [-0.25, -0.2) is 12.9 Å². The van der Waals surface area contributed by atoms with Crippen LogP contribution in [0.5, 0.6) is 0 Å². The number of carbonyl (C=O) groups is 1. The monoisotopic (exact) mass is 431 g/mol. The van der Waals surface area contributed by atoms with Crippen LogP contribution in [0, 0.1) is 5.92 Å². The molecule has 1 fully saturated rings. The second-order valence-corrected chi connectivity index (χ2v) is 9.68. The molecule has 3 aromatic rings. The zero-order valence-corrected chi connectivity index (χ0v) is 17.9. The molecule has 10 nitrogen and oxygen atoms in total. The second kappa shape index (κ2) is 7.40. The lowest BCUT2D eigenvalue weighted by molar-refractivity contribution is 0.100. The Kier molecular flexibility index (Phi) is 5.02. The average Bonchev–Trinajstić information content (AvgIpc) is 3.38. The highest BCUT2D eigenvalue weighted by atomic mass is 32.2. The van der Waals surface area contributed by atoms with Crippen molar-refractivity contribution in [1.82, 2.24) is 23.7 Å². The van der Waals surface area contributed by atoms with Crippen LogP contribution in [0.4, 0.5) is 5.69 Å². The number of hydrogen-bond donors (Lipinski definition) is 2.